The number of hydrogen-bond acceptors (Lipinski definition) is 7. The lowest BCUT2D eigenvalue weighted by Gasteiger charge is -2.17. The average molecular weight is 443 g/mol. The smallest absolute Gasteiger partial charge is 0.331 e. The Balaban J connectivity index is 1.90. The molecule has 0 atom stereocenters. The minimum absolute atomic E-state index is 0.312. The molecule has 0 radical (unpaired) electrons. The molecule has 2 rings (SSSR count). The molecule has 0 spiro atoms. The molecule has 8 nitrogen and oxygen atoms in total. The molecule has 32 heavy (non-hydrogen) atoms. The first-order valence-corrected chi connectivity index (χ1v) is 10.0. The topological polar surface area (TPSA) is 83.5 Å². The second-order valence-corrected chi connectivity index (χ2v) is 6.73. The molecule has 172 valence electrons. The van der Waals surface area contributed by atoms with E-state index in [1.165, 1.54) is 32.3 Å². The van der Waals surface area contributed by atoms with Gasteiger partial charge < -0.3 is 28.6 Å². The lowest BCUT2D eigenvalue weighted by atomic mass is 10.1. The Bertz CT molecular complexity index is 913. The molecule has 0 aliphatic heterocycles. The molecular weight excluding hydrogens is 414 g/mol. The molecular formula is C24H29NO7. The number of esters is 1. The van der Waals surface area contributed by atoms with E-state index < -0.39 is 5.97 Å². The zero-order valence-corrected chi connectivity index (χ0v) is 19.0. The summed E-state index contributed by atoms with van der Waals surface area (Å²) in [7, 11) is 6.18. The van der Waals surface area contributed by atoms with Gasteiger partial charge in [0, 0.05) is 19.7 Å². The van der Waals surface area contributed by atoms with E-state index >= 15 is 0 Å². The monoisotopic (exact) mass is 443 g/mol. The standard InChI is InChI=1S/C24H29NO7/c1-6-31-19-10-7-17(8-11-19)15-25(2)22(26)16-32-23(27)12-9-18-13-20(28-3)24(30-5)21(14-18)29-4/h7-14H,6,15-16H2,1-5H3/b12-9+. The van der Waals surface area contributed by atoms with E-state index in [0.29, 0.717) is 36.0 Å². The summed E-state index contributed by atoms with van der Waals surface area (Å²) in [5.74, 6) is 1.21. The normalized spacial score (nSPS) is 10.5. The molecule has 0 heterocycles. The maximum absolute atomic E-state index is 12.3. The van der Waals surface area contributed by atoms with Crippen molar-refractivity contribution in [1.29, 1.82) is 0 Å². The Morgan fingerprint density at radius 3 is 2.12 bits per heavy atom. The number of likely N-dealkylation sites (N-methyl/N-ethyl adjacent to an activating group) is 1. The van der Waals surface area contributed by atoms with Crippen molar-refractivity contribution in [3.8, 4) is 23.0 Å². The van der Waals surface area contributed by atoms with Gasteiger partial charge in [0.1, 0.15) is 5.75 Å². The van der Waals surface area contributed by atoms with E-state index in [1.807, 2.05) is 31.2 Å². The number of carbonyl (C=O) groups excluding carboxylic acids is 2. The van der Waals surface area contributed by atoms with Gasteiger partial charge in [-0.2, -0.15) is 0 Å². The molecule has 0 bridgehead atoms. The predicted molar refractivity (Wildman–Crippen MR) is 120 cm³/mol. The van der Waals surface area contributed by atoms with Crippen LogP contribution in [0.25, 0.3) is 6.08 Å². The summed E-state index contributed by atoms with van der Waals surface area (Å²) in [5, 5.41) is 0. The zero-order valence-electron chi connectivity index (χ0n) is 19.0. The molecule has 0 unspecified atom stereocenters. The van der Waals surface area contributed by atoms with E-state index in [1.54, 1.807) is 25.3 Å². The van der Waals surface area contributed by atoms with Crippen LogP contribution in [0.3, 0.4) is 0 Å². The highest BCUT2D eigenvalue weighted by molar-refractivity contribution is 5.89. The second-order valence-electron chi connectivity index (χ2n) is 6.73. The Hall–Kier alpha value is -3.68. The van der Waals surface area contributed by atoms with E-state index in [9.17, 15) is 9.59 Å². The molecule has 2 aromatic rings. The fraction of sp³-hybridized carbons (Fsp3) is 0.333. The van der Waals surface area contributed by atoms with Crippen LogP contribution in [0.15, 0.2) is 42.5 Å². The highest BCUT2D eigenvalue weighted by Gasteiger charge is 2.14. The quantitative estimate of drug-likeness (QED) is 0.389. The van der Waals surface area contributed by atoms with Gasteiger partial charge in [-0.1, -0.05) is 12.1 Å². The van der Waals surface area contributed by atoms with Crippen LogP contribution in [0.4, 0.5) is 0 Å². The number of benzene rings is 2. The summed E-state index contributed by atoms with van der Waals surface area (Å²) >= 11 is 0. The van der Waals surface area contributed by atoms with E-state index in [2.05, 4.69) is 0 Å². The molecule has 2 aromatic carbocycles. The highest BCUT2D eigenvalue weighted by atomic mass is 16.5. The number of ether oxygens (including phenoxy) is 5. The Kier molecular flexibility index (Phi) is 9.41. The second kappa shape index (κ2) is 12.2. The van der Waals surface area contributed by atoms with Gasteiger partial charge in [0.15, 0.2) is 18.1 Å². The third-order valence-electron chi connectivity index (χ3n) is 4.52. The molecule has 0 saturated heterocycles. The SMILES string of the molecule is CCOc1ccc(CN(C)C(=O)COC(=O)/C=C/c2cc(OC)c(OC)c(OC)c2)cc1. The molecule has 0 aliphatic rings. The van der Waals surface area contributed by atoms with Crippen LogP contribution >= 0.6 is 0 Å². The summed E-state index contributed by atoms with van der Waals surface area (Å²) < 4.78 is 26.3. The van der Waals surface area contributed by atoms with Crippen LogP contribution in [0, 0.1) is 0 Å². The van der Waals surface area contributed by atoms with Crippen molar-refractivity contribution in [2.24, 2.45) is 0 Å². The molecule has 0 saturated carbocycles. The van der Waals surface area contributed by atoms with E-state index in [0.717, 1.165) is 11.3 Å². The first kappa shape index (κ1) is 24.6. The zero-order chi connectivity index (χ0) is 23.5. The van der Waals surface area contributed by atoms with Crippen LogP contribution < -0.4 is 18.9 Å². The highest BCUT2D eigenvalue weighted by Crippen LogP contribution is 2.38. The van der Waals surface area contributed by atoms with E-state index in [-0.39, 0.29) is 12.5 Å². The van der Waals surface area contributed by atoms with Gasteiger partial charge in [0.2, 0.25) is 5.75 Å². The summed E-state index contributed by atoms with van der Waals surface area (Å²) in [5.41, 5.74) is 1.59. The fourth-order valence-corrected chi connectivity index (χ4v) is 2.87. The minimum atomic E-state index is -0.637. The van der Waals surface area contributed by atoms with E-state index in [4.69, 9.17) is 23.7 Å². The predicted octanol–water partition coefficient (Wildman–Crippen LogP) is 3.33. The third-order valence-corrected chi connectivity index (χ3v) is 4.52. The van der Waals surface area contributed by atoms with Gasteiger partial charge in [-0.25, -0.2) is 4.79 Å². The molecule has 0 aliphatic carbocycles. The lowest BCUT2D eigenvalue weighted by Crippen LogP contribution is -2.30. The lowest BCUT2D eigenvalue weighted by molar-refractivity contribution is -0.147. The Morgan fingerprint density at radius 2 is 1.59 bits per heavy atom. The van der Waals surface area contributed by atoms with Gasteiger partial charge in [-0.15, -0.1) is 0 Å². The third kappa shape index (κ3) is 6.94. The van der Waals surface area contributed by atoms with Crippen molar-refractivity contribution < 1.29 is 33.3 Å². The van der Waals surface area contributed by atoms with Crippen molar-refractivity contribution in [3.05, 3.63) is 53.6 Å². The number of amides is 1. The summed E-state index contributed by atoms with van der Waals surface area (Å²) in [6.45, 7) is 2.55. The van der Waals surface area contributed by atoms with Crippen LogP contribution in [-0.4, -0.2) is 58.4 Å². The molecule has 0 fully saturated rings. The average Bonchev–Trinajstić information content (AvgIpc) is 2.81. The number of methoxy groups -OCH3 is 3. The fourth-order valence-electron chi connectivity index (χ4n) is 2.87. The van der Waals surface area contributed by atoms with Crippen LogP contribution in [-0.2, 0) is 20.9 Å². The van der Waals surface area contributed by atoms with Crippen LogP contribution in [0.2, 0.25) is 0 Å². The summed E-state index contributed by atoms with van der Waals surface area (Å²) in [6, 6.07) is 10.9. The van der Waals surface area contributed by atoms with Gasteiger partial charge >= 0.3 is 5.97 Å². The molecule has 8 heteroatoms. The first-order valence-electron chi connectivity index (χ1n) is 10.0. The van der Waals surface area contributed by atoms with Gasteiger partial charge in [-0.05, 0) is 48.4 Å². The molecule has 1 amide bonds. The number of nitrogens with zero attached hydrogens (tertiary/aromatic N) is 1. The van der Waals surface area contributed by atoms with Crippen molar-refractivity contribution in [2.45, 2.75) is 13.5 Å². The maximum Gasteiger partial charge on any atom is 0.331 e. The van der Waals surface area contributed by atoms with Crippen molar-refractivity contribution >= 4 is 18.0 Å². The van der Waals surface area contributed by atoms with Crippen molar-refractivity contribution in [3.63, 3.8) is 0 Å². The van der Waals surface area contributed by atoms with Crippen LogP contribution in [0.1, 0.15) is 18.1 Å². The van der Waals surface area contributed by atoms with Gasteiger partial charge in [0.05, 0.1) is 27.9 Å². The molecule has 0 aromatic heterocycles. The number of carbonyl (C=O) groups is 2. The molecule has 0 N–H and O–H groups in total. The largest absolute Gasteiger partial charge is 0.494 e. The minimum Gasteiger partial charge on any atom is -0.494 e. The van der Waals surface area contributed by atoms with Gasteiger partial charge in [-0.3, -0.25) is 4.79 Å². The number of hydrogen-bond donors (Lipinski definition) is 0. The first-order chi connectivity index (χ1) is 15.4. The number of rotatable bonds is 11. The Labute approximate surface area is 188 Å². The van der Waals surface area contributed by atoms with Gasteiger partial charge in [0.25, 0.3) is 5.91 Å². The van der Waals surface area contributed by atoms with Crippen LogP contribution in [0.5, 0.6) is 23.0 Å². The van der Waals surface area contributed by atoms with Crippen molar-refractivity contribution in [2.75, 3.05) is 41.6 Å². The summed E-state index contributed by atoms with van der Waals surface area (Å²) in [6.07, 6.45) is 2.78. The summed E-state index contributed by atoms with van der Waals surface area (Å²) in [4.78, 5) is 25.8. The maximum atomic E-state index is 12.3. The van der Waals surface area contributed by atoms with Crippen molar-refractivity contribution in [1.82, 2.24) is 4.90 Å². The Morgan fingerprint density at radius 1 is 0.969 bits per heavy atom.